The van der Waals surface area contributed by atoms with Gasteiger partial charge in [0.2, 0.25) is 11.9 Å². The first-order chi connectivity index (χ1) is 14.4. The lowest BCUT2D eigenvalue weighted by molar-refractivity contribution is -0.117. The van der Waals surface area contributed by atoms with Crippen molar-refractivity contribution >= 4 is 23.4 Å². The van der Waals surface area contributed by atoms with Crippen LogP contribution in [0.3, 0.4) is 0 Å². The number of aryl methyl sites for hydroxylation is 1. The highest BCUT2D eigenvalue weighted by Crippen LogP contribution is 2.32. The SMILES string of the molecule is Cc1nc(NCc2cnn(Cc3ccnc(C#N)c3)c2)nc2c1NC(=O)C(C)N2C. The number of anilines is 3. The molecule has 1 aliphatic rings. The maximum absolute atomic E-state index is 12.0. The van der Waals surface area contributed by atoms with Gasteiger partial charge >= 0.3 is 0 Å². The summed E-state index contributed by atoms with van der Waals surface area (Å²) < 4.78 is 1.80. The first kappa shape index (κ1) is 19.3. The third kappa shape index (κ3) is 3.77. The number of carbonyl (C=O) groups excluding carboxylic acids is 1. The minimum atomic E-state index is -0.299. The molecule has 3 aromatic rings. The minimum absolute atomic E-state index is 0.0686. The van der Waals surface area contributed by atoms with Gasteiger partial charge in [0.15, 0.2) is 5.82 Å². The first-order valence-electron chi connectivity index (χ1n) is 9.47. The third-order valence-corrected chi connectivity index (χ3v) is 5.03. The van der Waals surface area contributed by atoms with Gasteiger partial charge in [0, 0.05) is 31.5 Å². The molecule has 10 nitrogen and oxygen atoms in total. The van der Waals surface area contributed by atoms with Gasteiger partial charge < -0.3 is 15.5 Å². The average Bonchev–Trinajstić information content (AvgIpc) is 3.19. The molecule has 0 bridgehead atoms. The predicted molar refractivity (Wildman–Crippen MR) is 111 cm³/mol. The van der Waals surface area contributed by atoms with Crippen molar-refractivity contribution in [1.29, 1.82) is 5.26 Å². The first-order valence-corrected chi connectivity index (χ1v) is 9.47. The molecule has 152 valence electrons. The molecular formula is C20H21N9O. The van der Waals surface area contributed by atoms with Crippen LogP contribution in [-0.2, 0) is 17.9 Å². The van der Waals surface area contributed by atoms with Crippen molar-refractivity contribution in [1.82, 2.24) is 24.7 Å². The number of amides is 1. The summed E-state index contributed by atoms with van der Waals surface area (Å²) in [7, 11) is 1.85. The summed E-state index contributed by atoms with van der Waals surface area (Å²) in [6.07, 6.45) is 5.33. The second-order valence-corrected chi connectivity index (χ2v) is 7.17. The van der Waals surface area contributed by atoms with Gasteiger partial charge in [-0.05, 0) is 31.5 Å². The van der Waals surface area contributed by atoms with E-state index in [0.717, 1.165) is 11.1 Å². The van der Waals surface area contributed by atoms with Crippen molar-refractivity contribution in [3.63, 3.8) is 0 Å². The van der Waals surface area contributed by atoms with Crippen molar-refractivity contribution in [3.8, 4) is 6.07 Å². The van der Waals surface area contributed by atoms with Crippen LogP contribution < -0.4 is 15.5 Å². The molecule has 0 saturated heterocycles. The summed E-state index contributed by atoms with van der Waals surface area (Å²) in [6, 6.07) is 5.35. The van der Waals surface area contributed by atoms with E-state index in [2.05, 4.69) is 30.7 Å². The number of nitrogens with zero attached hydrogens (tertiary/aromatic N) is 7. The molecule has 0 saturated carbocycles. The number of pyridine rings is 1. The zero-order valence-corrected chi connectivity index (χ0v) is 16.9. The highest BCUT2D eigenvalue weighted by atomic mass is 16.2. The Morgan fingerprint density at radius 2 is 2.17 bits per heavy atom. The Morgan fingerprint density at radius 1 is 1.33 bits per heavy atom. The standard InChI is InChI=1S/C20H21N9O/c1-12-17-18(28(3)13(2)19(30)26-17)27-20(25-12)23-8-15-9-24-29(11-15)10-14-4-5-22-16(6-14)7-21/h4-6,9,11,13H,8,10H2,1-3H3,(H,26,30)(H,23,25,27). The van der Waals surface area contributed by atoms with Crippen LogP contribution in [-0.4, -0.2) is 43.7 Å². The van der Waals surface area contributed by atoms with E-state index in [1.54, 1.807) is 23.1 Å². The number of fused-ring (bicyclic) bond motifs is 1. The maximum Gasteiger partial charge on any atom is 0.246 e. The van der Waals surface area contributed by atoms with E-state index in [1.165, 1.54) is 0 Å². The number of hydrogen-bond acceptors (Lipinski definition) is 8. The maximum atomic E-state index is 12.0. The summed E-state index contributed by atoms with van der Waals surface area (Å²) in [5.74, 6) is 1.11. The normalized spacial score (nSPS) is 15.3. The van der Waals surface area contributed by atoms with E-state index >= 15 is 0 Å². The molecule has 1 atom stereocenters. The third-order valence-electron chi connectivity index (χ3n) is 5.03. The second-order valence-electron chi connectivity index (χ2n) is 7.17. The number of likely N-dealkylation sites (N-methyl/N-ethyl adjacent to an activating group) is 1. The van der Waals surface area contributed by atoms with Gasteiger partial charge in [-0.3, -0.25) is 9.48 Å². The predicted octanol–water partition coefficient (Wildman–Crippen LogP) is 1.69. The van der Waals surface area contributed by atoms with E-state index in [0.29, 0.717) is 41.9 Å². The molecule has 4 rings (SSSR count). The topological polar surface area (TPSA) is 125 Å². The summed E-state index contributed by atoms with van der Waals surface area (Å²) in [5.41, 5.74) is 3.66. The smallest absolute Gasteiger partial charge is 0.246 e. The fraction of sp³-hybridized carbons (Fsp3) is 0.300. The lowest BCUT2D eigenvalue weighted by atomic mass is 10.2. The molecular weight excluding hydrogens is 382 g/mol. The largest absolute Gasteiger partial charge is 0.350 e. The Bertz CT molecular complexity index is 1150. The molecule has 2 N–H and O–H groups in total. The molecule has 30 heavy (non-hydrogen) atoms. The van der Waals surface area contributed by atoms with Gasteiger partial charge in [-0.15, -0.1) is 0 Å². The van der Waals surface area contributed by atoms with Gasteiger partial charge in [-0.1, -0.05) is 0 Å². The van der Waals surface area contributed by atoms with Crippen molar-refractivity contribution in [3.05, 3.63) is 53.2 Å². The zero-order valence-electron chi connectivity index (χ0n) is 16.9. The van der Waals surface area contributed by atoms with Gasteiger partial charge in [-0.2, -0.15) is 15.3 Å². The number of hydrogen-bond donors (Lipinski definition) is 2. The number of rotatable bonds is 5. The minimum Gasteiger partial charge on any atom is -0.350 e. The number of nitriles is 1. The van der Waals surface area contributed by atoms with E-state index in [4.69, 9.17) is 5.26 Å². The Morgan fingerprint density at radius 3 is 2.97 bits per heavy atom. The number of aromatic nitrogens is 5. The van der Waals surface area contributed by atoms with Crippen molar-refractivity contribution in [2.45, 2.75) is 33.0 Å². The molecule has 0 radical (unpaired) electrons. The quantitative estimate of drug-likeness (QED) is 0.659. The van der Waals surface area contributed by atoms with Crippen LogP contribution >= 0.6 is 0 Å². The van der Waals surface area contributed by atoms with Gasteiger partial charge in [0.05, 0.1) is 18.4 Å². The fourth-order valence-corrected chi connectivity index (χ4v) is 3.21. The lowest BCUT2D eigenvalue weighted by Crippen LogP contribution is -2.44. The highest BCUT2D eigenvalue weighted by Gasteiger charge is 2.30. The molecule has 1 unspecified atom stereocenters. The van der Waals surface area contributed by atoms with Gasteiger partial charge in [-0.25, -0.2) is 9.97 Å². The highest BCUT2D eigenvalue weighted by molar-refractivity contribution is 6.03. The molecule has 1 amide bonds. The fourth-order valence-electron chi connectivity index (χ4n) is 3.21. The average molecular weight is 403 g/mol. The van der Waals surface area contributed by atoms with Crippen molar-refractivity contribution in [2.24, 2.45) is 0 Å². The van der Waals surface area contributed by atoms with Gasteiger partial charge in [0.1, 0.15) is 23.5 Å². The summed E-state index contributed by atoms with van der Waals surface area (Å²) in [6.45, 7) is 4.73. The molecule has 10 heteroatoms. The molecule has 3 aromatic heterocycles. The van der Waals surface area contributed by atoms with Crippen LogP contribution in [0.25, 0.3) is 0 Å². The zero-order chi connectivity index (χ0) is 21.3. The van der Waals surface area contributed by atoms with Gasteiger partial charge in [0.25, 0.3) is 0 Å². The van der Waals surface area contributed by atoms with Crippen LogP contribution in [0.1, 0.15) is 29.4 Å². The Kier molecular flexibility index (Phi) is 5.02. The van der Waals surface area contributed by atoms with E-state index < -0.39 is 0 Å². The van der Waals surface area contributed by atoms with Crippen molar-refractivity contribution in [2.75, 3.05) is 22.6 Å². The van der Waals surface area contributed by atoms with Crippen LogP contribution in [0.4, 0.5) is 17.5 Å². The molecule has 4 heterocycles. The molecule has 0 aliphatic carbocycles. The van der Waals surface area contributed by atoms with Crippen molar-refractivity contribution < 1.29 is 4.79 Å². The Balaban J connectivity index is 1.45. The van der Waals surface area contributed by atoms with Crippen LogP contribution in [0.2, 0.25) is 0 Å². The molecule has 0 aromatic carbocycles. The van der Waals surface area contributed by atoms with Crippen LogP contribution in [0.5, 0.6) is 0 Å². The van der Waals surface area contributed by atoms with E-state index in [-0.39, 0.29) is 11.9 Å². The summed E-state index contributed by atoms with van der Waals surface area (Å²) in [4.78, 5) is 26.9. The van der Waals surface area contributed by atoms with Crippen LogP contribution in [0.15, 0.2) is 30.7 Å². The van der Waals surface area contributed by atoms with E-state index in [9.17, 15) is 4.79 Å². The number of nitrogens with one attached hydrogen (secondary N) is 2. The summed E-state index contributed by atoms with van der Waals surface area (Å²) in [5, 5.41) is 19.4. The number of carbonyl (C=O) groups is 1. The second kappa shape index (κ2) is 7.79. The molecule has 0 spiro atoms. The molecule has 0 fully saturated rings. The summed E-state index contributed by atoms with van der Waals surface area (Å²) >= 11 is 0. The van der Waals surface area contributed by atoms with E-state index in [1.807, 2.05) is 44.1 Å². The Hall–Kier alpha value is -4.00. The lowest BCUT2D eigenvalue weighted by Gasteiger charge is -2.32. The monoisotopic (exact) mass is 403 g/mol. The van der Waals surface area contributed by atoms with Crippen LogP contribution in [0, 0.1) is 18.3 Å². The Labute approximate surface area is 173 Å². The molecule has 1 aliphatic heterocycles.